The van der Waals surface area contributed by atoms with Gasteiger partial charge in [0, 0.05) is 25.5 Å². The van der Waals surface area contributed by atoms with E-state index in [9.17, 15) is 16.8 Å². The summed E-state index contributed by atoms with van der Waals surface area (Å²) in [6.07, 6.45) is 3.38. The third-order valence-corrected chi connectivity index (χ3v) is 7.92. The standard InChI is InChI=1S/C19H20N4O5S2/c24-29(25,21-16-3-1-4-17(15-16)23-10-2-9-20-23)18-5-7-19(8-6-18)30(26,27)22-11-13-28-14-12-22/h1-10,15,21H,11-14H2. The third-order valence-electron chi connectivity index (χ3n) is 4.61. The largest absolute Gasteiger partial charge is 0.379 e. The van der Waals surface area contributed by atoms with Crippen LogP contribution in [0.2, 0.25) is 0 Å². The first-order valence-electron chi connectivity index (χ1n) is 9.17. The number of nitrogens with zero attached hydrogens (tertiary/aromatic N) is 3. The molecule has 1 fully saturated rings. The third kappa shape index (κ3) is 4.24. The van der Waals surface area contributed by atoms with Gasteiger partial charge in [-0.1, -0.05) is 6.07 Å². The number of hydrogen-bond acceptors (Lipinski definition) is 6. The maximum Gasteiger partial charge on any atom is 0.261 e. The monoisotopic (exact) mass is 448 g/mol. The van der Waals surface area contributed by atoms with E-state index < -0.39 is 20.0 Å². The zero-order valence-electron chi connectivity index (χ0n) is 15.9. The van der Waals surface area contributed by atoms with Gasteiger partial charge in [0.25, 0.3) is 10.0 Å². The Bertz CT molecular complexity index is 1220. The Morgan fingerprint density at radius 1 is 0.900 bits per heavy atom. The molecule has 1 N–H and O–H groups in total. The zero-order chi connectivity index (χ0) is 21.2. The second-order valence-corrected chi connectivity index (χ2v) is 10.2. The fourth-order valence-electron chi connectivity index (χ4n) is 3.07. The molecule has 1 aromatic heterocycles. The van der Waals surface area contributed by atoms with E-state index in [0.29, 0.717) is 24.6 Å². The van der Waals surface area contributed by atoms with Crippen LogP contribution in [-0.2, 0) is 24.8 Å². The predicted molar refractivity (Wildman–Crippen MR) is 110 cm³/mol. The van der Waals surface area contributed by atoms with E-state index >= 15 is 0 Å². The molecule has 30 heavy (non-hydrogen) atoms. The predicted octanol–water partition coefficient (Wildman–Crippen LogP) is 1.69. The van der Waals surface area contributed by atoms with Gasteiger partial charge in [-0.05, 0) is 48.5 Å². The Morgan fingerprint density at radius 2 is 1.60 bits per heavy atom. The molecule has 9 nitrogen and oxygen atoms in total. The first-order chi connectivity index (χ1) is 14.4. The van der Waals surface area contributed by atoms with Crippen LogP contribution in [-0.4, -0.2) is 57.2 Å². The van der Waals surface area contributed by atoms with E-state index in [2.05, 4.69) is 9.82 Å². The van der Waals surface area contributed by atoms with Gasteiger partial charge >= 0.3 is 0 Å². The number of morpholine rings is 1. The second kappa shape index (κ2) is 8.19. The summed E-state index contributed by atoms with van der Waals surface area (Å²) < 4.78 is 61.5. The molecule has 0 unspecified atom stereocenters. The highest BCUT2D eigenvalue weighted by Gasteiger charge is 2.26. The Balaban J connectivity index is 1.54. The van der Waals surface area contributed by atoms with Crippen LogP contribution < -0.4 is 4.72 Å². The molecule has 1 saturated heterocycles. The average Bonchev–Trinajstić information content (AvgIpc) is 3.29. The molecule has 158 valence electrons. The number of aromatic nitrogens is 2. The maximum absolute atomic E-state index is 12.8. The van der Waals surface area contributed by atoms with Crippen molar-refractivity contribution in [2.24, 2.45) is 0 Å². The van der Waals surface area contributed by atoms with Crippen LogP contribution in [0.5, 0.6) is 0 Å². The Labute approximate surface area is 175 Å². The lowest BCUT2D eigenvalue weighted by Crippen LogP contribution is -2.40. The molecule has 2 aromatic carbocycles. The maximum atomic E-state index is 12.8. The lowest BCUT2D eigenvalue weighted by molar-refractivity contribution is 0.0730. The molecule has 2 heterocycles. The number of nitrogens with one attached hydrogen (secondary N) is 1. The molecule has 0 bridgehead atoms. The van der Waals surface area contributed by atoms with E-state index in [1.165, 1.54) is 28.6 Å². The first kappa shape index (κ1) is 20.5. The molecule has 11 heteroatoms. The topological polar surface area (TPSA) is 111 Å². The Hall–Kier alpha value is -2.73. The summed E-state index contributed by atoms with van der Waals surface area (Å²) in [6.45, 7) is 1.23. The summed E-state index contributed by atoms with van der Waals surface area (Å²) in [7, 11) is -7.58. The van der Waals surface area contributed by atoms with Crippen molar-refractivity contribution in [2.75, 3.05) is 31.0 Å². The number of benzene rings is 2. The molecule has 0 saturated carbocycles. The van der Waals surface area contributed by atoms with Gasteiger partial charge in [-0.15, -0.1) is 0 Å². The SMILES string of the molecule is O=S(=O)(Nc1cccc(-n2cccn2)c1)c1ccc(S(=O)(=O)N2CCOCC2)cc1. The lowest BCUT2D eigenvalue weighted by Gasteiger charge is -2.26. The molecule has 1 aliphatic heterocycles. The molecule has 1 aliphatic rings. The lowest BCUT2D eigenvalue weighted by atomic mass is 10.3. The van der Waals surface area contributed by atoms with Crippen molar-refractivity contribution in [1.29, 1.82) is 0 Å². The van der Waals surface area contributed by atoms with Crippen molar-refractivity contribution in [2.45, 2.75) is 9.79 Å². The van der Waals surface area contributed by atoms with E-state index in [-0.39, 0.29) is 22.9 Å². The highest BCUT2D eigenvalue weighted by Crippen LogP contribution is 2.22. The molecular weight excluding hydrogens is 428 g/mol. The van der Waals surface area contributed by atoms with Gasteiger partial charge in [0.05, 0.1) is 34.4 Å². The average molecular weight is 449 g/mol. The van der Waals surface area contributed by atoms with E-state index in [1.807, 2.05) is 0 Å². The van der Waals surface area contributed by atoms with Gasteiger partial charge in [-0.25, -0.2) is 21.5 Å². The van der Waals surface area contributed by atoms with Crippen LogP contribution in [0, 0.1) is 0 Å². The minimum Gasteiger partial charge on any atom is -0.379 e. The quantitative estimate of drug-likeness (QED) is 0.614. The van der Waals surface area contributed by atoms with Crippen molar-refractivity contribution in [3.05, 3.63) is 67.0 Å². The van der Waals surface area contributed by atoms with Gasteiger partial charge in [0.2, 0.25) is 10.0 Å². The number of rotatable bonds is 6. The summed E-state index contributed by atoms with van der Waals surface area (Å²) in [5.74, 6) is 0. The minimum absolute atomic E-state index is 0.0343. The van der Waals surface area contributed by atoms with Crippen molar-refractivity contribution in [3.8, 4) is 5.69 Å². The van der Waals surface area contributed by atoms with Gasteiger partial charge in [0.1, 0.15) is 0 Å². The fourth-order valence-corrected chi connectivity index (χ4v) is 5.53. The van der Waals surface area contributed by atoms with Crippen molar-refractivity contribution in [3.63, 3.8) is 0 Å². The molecule has 0 aliphatic carbocycles. The number of hydrogen-bond donors (Lipinski definition) is 1. The summed E-state index contributed by atoms with van der Waals surface area (Å²) in [5, 5.41) is 4.12. The smallest absolute Gasteiger partial charge is 0.261 e. The van der Waals surface area contributed by atoms with Crippen molar-refractivity contribution >= 4 is 25.7 Å². The number of anilines is 1. The van der Waals surface area contributed by atoms with E-state index in [0.717, 1.165) is 0 Å². The van der Waals surface area contributed by atoms with Crippen LogP contribution in [0.15, 0.2) is 76.8 Å². The normalized spacial score (nSPS) is 15.7. The summed E-state index contributed by atoms with van der Waals surface area (Å²) in [5.41, 5.74) is 1.07. The van der Waals surface area contributed by atoms with Gasteiger partial charge in [0.15, 0.2) is 0 Å². The van der Waals surface area contributed by atoms with Gasteiger partial charge in [-0.3, -0.25) is 4.72 Å². The molecule has 3 aromatic rings. The Morgan fingerprint density at radius 3 is 2.27 bits per heavy atom. The highest BCUT2D eigenvalue weighted by molar-refractivity contribution is 7.92. The molecule has 0 radical (unpaired) electrons. The van der Waals surface area contributed by atoms with E-state index in [4.69, 9.17) is 4.74 Å². The van der Waals surface area contributed by atoms with Gasteiger partial charge < -0.3 is 4.74 Å². The van der Waals surface area contributed by atoms with Gasteiger partial charge in [-0.2, -0.15) is 9.40 Å². The van der Waals surface area contributed by atoms with Crippen LogP contribution in [0.3, 0.4) is 0 Å². The van der Waals surface area contributed by atoms with E-state index in [1.54, 1.807) is 47.4 Å². The van der Waals surface area contributed by atoms with Crippen LogP contribution in [0.1, 0.15) is 0 Å². The molecule has 0 amide bonds. The van der Waals surface area contributed by atoms with Crippen LogP contribution in [0.25, 0.3) is 5.69 Å². The highest BCUT2D eigenvalue weighted by atomic mass is 32.2. The molecule has 0 atom stereocenters. The minimum atomic E-state index is -3.89. The van der Waals surface area contributed by atoms with Crippen molar-refractivity contribution in [1.82, 2.24) is 14.1 Å². The fraction of sp³-hybridized carbons (Fsp3) is 0.211. The zero-order valence-corrected chi connectivity index (χ0v) is 17.5. The van der Waals surface area contributed by atoms with Crippen LogP contribution in [0.4, 0.5) is 5.69 Å². The second-order valence-electron chi connectivity index (χ2n) is 6.59. The van der Waals surface area contributed by atoms with Crippen LogP contribution >= 0.6 is 0 Å². The first-order valence-corrected chi connectivity index (χ1v) is 12.1. The summed E-state index contributed by atoms with van der Waals surface area (Å²) >= 11 is 0. The number of ether oxygens (including phenoxy) is 1. The van der Waals surface area contributed by atoms with Crippen molar-refractivity contribution < 1.29 is 21.6 Å². The molecule has 0 spiro atoms. The molecule has 4 rings (SSSR count). The number of sulfonamides is 2. The Kier molecular flexibility index (Phi) is 5.60. The molecular formula is C19H20N4O5S2. The summed E-state index contributed by atoms with van der Waals surface area (Å²) in [4.78, 5) is 0.0111. The summed E-state index contributed by atoms with van der Waals surface area (Å²) in [6, 6.07) is 13.7.